The Bertz CT molecular complexity index is 2110. The summed E-state index contributed by atoms with van der Waals surface area (Å²) in [6.07, 6.45) is 1.00. The van der Waals surface area contributed by atoms with Gasteiger partial charge in [0.1, 0.15) is 18.3 Å². The number of fused-ring (bicyclic) bond motifs is 1. The number of hydrogen-bond acceptors (Lipinski definition) is 15. The first-order valence-electron chi connectivity index (χ1n) is 24.0. The van der Waals surface area contributed by atoms with Crippen LogP contribution in [0.2, 0.25) is 0 Å². The highest BCUT2D eigenvalue weighted by Crippen LogP contribution is 2.29. The second-order valence-electron chi connectivity index (χ2n) is 17.8. The van der Waals surface area contributed by atoms with Gasteiger partial charge in [-0.15, -0.1) is 0 Å². The lowest BCUT2D eigenvalue weighted by atomic mass is 9.81. The minimum absolute atomic E-state index is 0.0451. The number of benzene rings is 2. The third kappa shape index (κ3) is 24.6. The molecule has 4 amide bonds. The molecule has 1 aliphatic carbocycles. The number of carboxylic acids is 6. The number of aliphatic carboxylic acids is 6. The van der Waals surface area contributed by atoms with Gasteiger partial charge >= 0.3 is 41.8 Å². The van der Waals surface area contributed by atoms with Crippen LogP contribution in [-0.2, 0) is 44.8 Å². The number of urea groups is 1. The second-order valence-corrected chi connectivity index (χ2v) is 17.8. The Morgan fingerprint density at radius 2 is 1.19 bits per heavy atom. The van der Waals surface area contributed by atoms with Gasteiger partial charge in [0.25, 0.3) is 0 Å². The number of nitrogens with one attached hydrogen (secondary N) is 7. The van der Waals surface area contributed by atoms with E-state index in [1.807, 2.05) is 42.5 Å². The van der Waals surface area contributed by atoms with E-state index < -0.39 is 79.0 Å². The number of carboxylic acid groups (broad SMARTS) is 6. The van der Waals surface area contributed by atoms with Crippen LogP contribution in [0.15, 0.2) is 42.5 Å². The number of carbonyl (C=O) groups excluding carboxylic acids is 3. The first kappa shape index (κ1) is 59.8. The zero-order valence-corrected chi connectivity index (χ0v) is 40.3. The fourth-order valence-electron chi connectivity index (χ4n) is 8.19. The van der Waals surface area contributed by atoms with Gasteiger partial charge in [-0.05, 0) is 86.6 Å². The summed E-state index contributed by atoms with van der Waals surface area (Å²) in [7, 11) is 0. The summed E-state index contributed by atoms with van der Waals surface area (Å²) < 4.78 is 0. The molecule has 4 unspecified atom stereocenters. The zero-order valence-electron chi connectivity index (χ0n) is 40.3. The van der Waals surface area contributed by atoms with Crippen molar-refractivity contribution in [3.05, 3.63) is 48.0 Å². The highest BCUT2D eigenvalue weighted by Gasteiger charge is 2.31. The molecular weight excluding hydrogens is 947 g/mol. The normalized spacial score (nSPS) is 16.3. The standard InChI is InChI=1S/C47H71N9O16/c57-38(28-55(19-17-48-26-40(60)61)21-22-56(29-42(64)65)20-18-49-27-41(62)63)51-25-30-8-12-33(13-9-30)43(66)52-37(24-31-10-11-32-5-1-2-6-34(32)23-31)44(67)50-16-4-3-7-35(45(68)69)53-47(72)54-36(46(70)71)14-15-39(58)59/h1-2,5-6,10-11,23,30,33,35-37,44,48-50,67H,3-4,7-9,12-22,24-29H2,(H,51,57)(H,52,66)(H,58,59)(H,60,61)(H,62,63)(H,64,65)(H,68,69)(H,70,71)(H2,53,54,72). The van der Waals surface area contributed by atoms with Crippen LogP contribution in [0.25, 0.3) is 10.8 Å². The topological polar surface area (TPSA) is 386 Å². The number of hydrogen-bond donors (Lipinski definition) is 14. The molecule has 2 aromatic rings. The van der Waals surface area contributed by atoms with Crippen molar-refractivity contribution in [1.29, 1.82) is 0 Å². The molecule has 3 rings (SSSR count). The van der Waals surface area contributed by atoms with E-state index in [0.717, 1.165) is 16.3 Å². The Kier molecular flexibility index (Phi) is 27.0. The van der Waals surface area contributed by atoms with Gasteiger partial charge < -0.3 is 67.6 Å². The van der Waals surface area contributed by atoms with E-state index in [-0.39, 0.29) is 115 Å². The maximum Gasteiger partial charge on any atom is 0.326 e. The van der Waals surface area contributed by atoms with Crippen LogP contribution in [-0.4, -0.2) is 202 Å². The fraction of sp³-hybridized carbons (Fsp3) is 0.596. The smallest absolute Gasteiger partial charge is 0.326 e. The molecule has 2 aromatic carbocycles. The third-order valence-electron chi connectivity index (χ3n) is 12.1. The highest BCUT2D eigenvalue weighted by atomic mass is 16.4. The van der Waals surface area contributed by atoms with Gasteiger partial charge in [-0.2, -0.15) is 0 Å². The molecule has 72 heavy (non-hydrogen) atoms. The fourth-order valence-corrected chi connectivity index (χ4v) is 8.19. The number of rotatable bonds is 37. The van der Waals surface area contributed by atoms with E-state index in [0.29, 0.717) is 38.6 Å². The Morgan fingerprint density at radius 3 is 1.76 bits per heavy atom. The van der Waals surface area contributed by atoms with Crippen molar-refractivity contribution in [3.8, 4) is 0 Å². The monoisotopic (exact) mass is 1020 g/mol. The van der Waals surface area contributed by atoms with Gasteiger partial charge in [0, 0.05) is 58.2 Å². The summed E-state index contributed by atoms with van der Waals surface area (Å²) in [5.41, 5.74) is 0.860. The Balaban J connectivity index is 1.55. The summed E-state index contributed by atoms with van der Waals surface area (Å²) in [4.78, 5) is 110. The lowest BCUT2D eigenvalue weighted by Crippen LogP contribution is -2.53. The van der Waals surface area contributed by atoms with Gasteiger partial charge in [-0.1, -0.05) is 42.5 Å². The number of aliphatic hydroxyl groups is 1. The highest BCUT2D eigenvalue weighted by molar-refractivity contribution is 5.86. The Morgan fingerprint density at radius 1 is 0.611 bits per heavy atom. The van der Waals surface area contributed by atoms with Crippen LogP contribution in [0.5, 0.6) is 0 Å². The molecule has 400 valence electrons. The summed E-state index contributed by atoms with van der Waals surface area (Å²) in [5.74, 6) is -8.10. The molecule has 1 saturated carbocycles. The molecule has 0 aromatic heterocycles. The number of unbranched alkanes of at least 4 members (excludes halogenated alkanes) is 1. The molecule has 0 spiro atoms. The summed E-state index contributed by atoms with van der Waals surface area (Å²) >= 11 is 0. The zero-order chi connectivity index (χ0) is 53.0. The molecule has 0 saturated heterocycles. The van der Waals surface area contributed by atoms with Crippen molar-refractivity contribution < 1.29 is 78.9 Å². The minimum Gasteiger partial charge on any atom is -0.481 e. The second kappa shape index (κ2) is 32.5. The molecular formula is C47H71N9O16. The van der Waals surface area contributed by atoms with Gasteiger partial charge in [0.2, 0.25) is 11.8 Å². The van der Waals surface area contributed by atoms with Crippen LogP contribution >= 0.6 is 0 Å². The molecule has 0 radical (unpaired) electrons. The molecule has 0 bridgehead atoms. The van der Waals surface area contributed by atoms with Crippen molar-refractivity contribution in [3.63, 3.8) is 0 Å². The van der Waals surface area contributed by atoms with Gasteiger partial charge in [-0.3, -0.25) is 43.9 Å². The van der Waals surface area contributed by atoms with E-state index >= 15 is 0 Å². The predicted octanol–water partition coefficient (Wildman–Crippen LogP) is -1.02. The first-order valence-corrected chi connectivity index (χ1v) is 24.0. The average Bonchev–Trinajstić information content (AvgIpc) is 3.32. The Labute approximate surface area is 416 Å². The van der Waals surface area contributed by atoms with E-state index in [1.54, 1.807) is 9.80 Å². The summed E-state index contributed by atoms with van der Waals surface area (Å²) in [6.45, 7) is 1.15. The van der Waals surface area contributed by atoms with Gasteiger partial charge in [0.15, 0.2) is 0 Å². The molecule has 4 atom stereocenters. The van der Waals surface area contributed by atoms with Gasteiger partial charge in [-0.25, -0.2) is 14.4 Å². The number of amides is 4. The maximum absolute atomic E-state index is 13.8. The van der Waals surface area contributed by atoms with Crippen LogP contribution < -0.4 is 37.2 Å². The quantitative estimate of drug-likeness (QED) is 0.0284. The van der Waals surface area contributed by atoms with Crippen LogP contribution in [0.4, 0.5) is 4.79 Å². The van der Waals surface area contributed by atoms with Gasteiger partial charge in [0.05, 0.1) is 32.2 Å². The van der Waals surface area contributed by atoms with E-state index in [1.165, 1.54) is 0 Å². The molecule has 25 heteroatoms. The van der Waals surface area contributed by atoms with E-state index in [2.05, 4.69) is 37.2 Å². The SMILES string of the molecule is O=C(O)CCC(NC(=O)NC(CCCCNC(O)C(Cc1ccc2ccccc2c1)NC(=O)C1CCC(CNC(=O)CN(CCNCC(=O)O)CCN(CCNCC(=O)O)CC(=O)O)CC1)C(=O)O)C(=O)O. The lowest BCUT2D eigenvalue weighted by Gasteiger charge is -2.31. The largest absolute Gasteiger partial charge is 0.481 e. The lowest BCUT2D eigenvalue weighted by molar-refractivity contribution is -0.141. The molecule has 14 N–H and O–H groups in total. The van der Waals surface area contributed by atoms with E-state index in [9.17, 15) is 63.6 Å². The van der Waals surface area contributed by atoms with Crippen molar-refractivity contribution in [2.45, 2.75) is 88.6 Å². The van der Waals surface area contributed by atoms with Crippen molar-refractivity contribution in [1.82, 2.24) is 47.0 Å². The number of nitrogens with zero attached hydrogens (tertiary/aromatic N) is 2. The minimum atomic E-state index is -1.54. The summed E-state index contributed by atoms with van der Waals surface area (Å²) in [6, 6.07) is 8.83. The molecule has 0 aliphatic heterocycles. The maximum atomic E-state index is 13.8. The molecule has 25 nitrogen and oxygen atoms in total. The summed E-state index contributed by atoms with van der Waals surface area (Å²) in [5, 5.41) is 87.4. The van der Waals surface area contributed by atoms with E-state index in [4.69, 9.17) is 15.3 Å². The van der Waals surface area contributed by atoms with Crippen LogP contribution in [0.1, 0.15) is 63.4 Å². The number of aliphatic hydroxyl groups excluding tert-OH is 1. The van der Waals surface area contributed by atoms with Crippen molar-refractivity contribution in [2.24, 2.45) is 11.8 Å². The molecule has 0 heterocycles. The van der Waals surface area contributed by atoms with Crippen molar-refractivity contribution in [2.75, 3.05) is 78.5 Å². The number of carbonyl (C=O) groups is 9. The van der Waals surface area contributed by atoms with Crippen LogP contribution in [0, 0.1) is 11.8 Å². The Hall–Kier alpha value is -6.51. The first-order chi connectivity index (χ1) is 34.3. The van der Waals surface area contributed by atoms with Crippen LogP contribution in [0.3, 0.4) is 0 Å². The third-order valence-corrected chi connectivity index (χ3v) is 12.1. The molecule has 1 fully saturated rings. The van der Waals surface area contributed by atoms with Crippen molar-refractivity contribution >= 4 is 64.4 Å². The predicted molar refractivity (Wildman–Crippen MR) is 259 cm³/mol. The molecule has 1 aliphatic rings. The average molecular weight is 1020 g/mol.